The van der Waals surface area contributed by atoms with Gasteiger partial charge < -0.3 is 15.3 Å². The van der Waals surface area contributed by atoms with E-state index < -0.39 is 5.60 Å². The van der Waals surface area contributed by atoms with Gasteiger partial charge in [0, 0.05) is 20.1 Å². The van der Waals surface area contributed by atoms with Crippen LogP contribution in [0.5, 0.6) is 0 Å². The molecule has 128 valence electrons. The largest absolute Gasteiger partial charge is 0.390 e. The molecule has 1 saturated heterocycles. The molecule has 0 atom stereocenters. The zero-order chi connectivity index (χ0) is 17.3. The fourth-order valence-corrected chi connectivity index (χ4v) is 2.88. The zero-order valence-corrected chi connectivity index (χ0v) is 14.3. The Kier molecular flexibility index (Phi) is 4.28. The maximum Gasteiger partial charge on any atom is 0.290 e. The Morgan fingerprint density at radius 1 is 1.29 bits per heavy atom. The summed E-state index contributed by atoms with van der Waals surface area (Å²) in [5.74, 6) is 0.616. The maximum absolute atomic E-state index is 12.1. The minimum Gasteiger partial charge on any atom is -0.390 e. The third kappa shape index (κ3) is 3.56. The Balaban J connectivity index is 1.73. The normalized spacial score (nSPS) is 16.9. The van der Waals surface area contributed by atoms with Crippen molar-refractivity contribution < 1.29 is 5.11 Å². The first kappa shape index (κ1) is 16.4. The summed E-state index contributed by atoms with van der Waals surface area (Å²) < 4.78 is 1.31. The summed E-state index contributed by atoms with van der Waals surface area (Å²) in [4.78, 5) is 18.7. The molecule has 3 rings (SSSR count). The van der Waals surface area contributed by atoms with Gasteiger partial charge >= 0.3 is 0 Å². The van der Waals surface area contributed by atoms with E-state index in [1.165, 1.54) is 4.68 Å². The molecule has 7 heteroatoms. The molecule has 1 fully saturated rings. The monoisotopic (exact) mass is 329 g/mol. The Morgan fingerprint density at radius 3 is 2.62 bits per heavy atom. The number of aliphatic hydroxyl groups is 1. The first-order chi connectivity index (χ1) is 11.3. The summed E-state index contributed by atoms with van der Waals surface area (Å²) in [6, 6.07) is 5.55. The molecule has 2 aromatic heterocycles. The molecule has 24 heavy (non-hydrogen) atoms. The first-order valence-corrected chi connectivity index (χ1v) is 8.09. The number of hydrogen-bond acceptors (Lipinski definition) is 6. The smallest absolute Gasteiger partial charge is 0.290 e. The molecule has 1 aliphatic rings. The van der Waals surface area contributed by atoms with Gasteiger partial charge in [0.1, 0.15) is 11.5 Å². The van der Waals surface area contributed by atoms with Crippen LogP contribution in [0.4, 0.5) is 17.2 Å². The van der Waals surface area contributed by atoms with E-state index >= 15 is 0 Å². The highest BCUT2D eigenvalue weighted by molar-refractivity contribution is 5.58. The highest BCUT2D eigenvalue weighted by Crippen LogP contribution is 2.26. The van der Waals surface area contributed by atoms with E-state index in [1.54, 1.807) is 19.3 Å². The van der Waals surface area contributed by atoms with Gasteiger partial charge in [-0.3, -0.25) is 4.79 Å². The second-order valence-electron chi connectivity index (χ2n) is 6.64. The van der Waals surface area contributed by atoms with E-state index in [-0.39, 0.29) is 5.56 Å². The second-order valence-corrected chi connectivity index (χ2v) is 6.64. The number of hydrogen-bond donors (Lipinski definition) is 2. The van der Waals surface area contributed by atoms with Crippen LogP contribution in [0.2, 0.25) is 0 Å². The topological polar surface area (TPSA) is 83.3 Å². The van der Waals surface area contributed by atoms with Gasteiger partial charge in [-0.15, -0.1) is 0 Å². The van der Waals surface area contributed by atoms with E-state index in [0.717, 1.165) is 37.3 Å². The van der Waals surface area contributed by atoms with Crippen LogP contribution in [-0.2, 0) is 7.05 Å². The first-order valence-electron chi connectivity index (χ1n) is 8.09. The van der Waals surface area contributed by atoms with Crippen LogP contribution in [0.3, 0.4) is 0 Å². The van der Waals surface area contributed by atoms with E-state index in [1.807, 2.05) is 26.0 Å². The van der Waals surface area contributed by atoms with E-state index in [4.69, 9.17) is 0 Å². The van der Waals surface area contributed by atoms with Crippen molar-refractivity contribution in [1.82, 2.24) is 14.8 Å². The molecule has 2 N–H and O–H groups in total. The van der Waals surface area contributed by atoms with Crippen LogP contribution in [0.15, 0.2) is 29.2 Å². The average molecular weight is 329 g/mol. The van der Waals surface area contributed by atoms with Crippen molar-refractivity contribution in [3.05, 3.63) is 40.4 Å². The Hall–Kier alpha value is -2.41. The molecule has 0 aliphatic carbocycles. The summed E-state index contributed by atoms with van der Waals surface area (Å²) in [7, 11) is 1.63. The molecule has 1 aliphatic heterocycles. The SMILES string of the molecule is Cc1cc(Nc2ccc(N3CCC(C)(O)CC3)cn2)c(=O)n(C)n1. The standard InChI is InChI=1S/C17H23N5O2/c1-12-10-14(16(23)21(3)20-12)19-15-5-4-13(11-18-15)22-8-6-17(2,24)7-9-22/h4-5,10-11,24H,6-9H2,1-3H3,(H,18,19). The molecule has 0 amide bonds. The van der Waals surface area contributed by atoms with Crippen molar-refractivity contribution in [3.8, 4) is 0 Å². The number of nitrogens with zero attached hydrogens (tertiary/aromatic N) is 4. The second kappa shape index (κ2) is 6.24. The van der Waals surface area contributed by atoms with Crippen LogP contribution in [-0.4, -0.2) is 38.6 Å². The molecule has 0 radical (unpaired) electrons. The number of aromatic nitrogens is 3. The van der Waals surface area contributed by atoms with Crippen molar-refractivity contribution in [2.24, 2.45) is 7.05 Å². The minimum absolute atomic E-state index is 0.190. The molecular formula is C17H23N5O2. The van der Waals surface area contributed by atoms with Gasteiger partial charge in [-0.1, -0.05) is 0 Å². The van der Waals surface area contributed by atoms with Crippen molar-refractivity contribution in [3.63, 3.8) is 0 Å². The number of pyridine rings is 1. The summed E-state index contributed by atoms with van der Waals surface area (Å²) in [5.41, 5.74) is 1.49. The summed E-state index contributed by atoms with van der Waals surface area (Å²) >= 11 is 0. The third-order valence-corrected chi connectivity index (χ3v) is 4.40. The van der Waals surface area contributed by atoms with Crippen LogP contribution >= 0.6 is 0 Å². The number of anilines is 3. The fourth-order valence-electron chi connectivity index (χ4n) is 2.88. The predicted molar refractivity (Wildman–Crippen MR) is 93.8 cm³/mol. The molecule has 0 spiro atoms. The molecule has 2 aromatic rings. The summed E-state index contributed by atoms with van der Waals surface area (Å²) in [5, 5.41) is 17.2. The van der Waals surface area contributed by atoms with Gasteiger partial charge in [0.05, 0.1) is 23.2 Å². The number of rotatable bonds is 3. The molecule has 3 heterocycles. The van der Waals surface area contributed by atoms with Crippen LogP contribution in [0.25, 0.3) is 0 Å². The van der Waals surface area contributed by atoms with Crippen molar-refractivity contribution in [2.75, 3.05) is 23.3 Å². The number of nitrogens with one attached hydrogen (secondary N) is 1. The van der Waals surface area contributed by atoms with Crippen LogP contribution in [0, 0.1) is 6.92 Å². The molecule has 0 unspecified atom stereocenters. The van der Waals surface area contributed by atoms with Crippen LogP contribution in [0.1, 0.15) is 25.5 Å². The lowest BCUT2D eigenvalue weighted by Gasteiger charge is -2.36. The van der Waals surface area contributed by atoms with Crippen molar-refractivity contribution >= 4 is 17.2 Å². The Labute approximate surface area is 141 Å². The molecule has 0 bridgehead atoms. The third-order valence-electron chi connectivity index (χ3n) is 4.40. The average Bonchev–Trinajstić information content (AvgIpc) is 2.53. The van der Waals surface area contributed by atoms with Crippen LogP contribution < -0.4 is 15.8 Å². The maximum atomic E-state index is 12.1. The van der Waals surface area contributed by atoms with E-state index in [2.05, 4.69) is 20.3 Å². The highest BCUT2D eigenvalue weighted by Gasteiger charge is 2.27. The van der Waals surface area contributed by atoms with Crippen molar-refractivity contribution in [1.29, 1.82) is 0 Å². The van der Waals surface area contributed by atoms with Gasteiger partial charge in [0.15, 0.2) is 0 Å². The number of aryl methyl sites for hydroxylation is 2. The molecule has 0 aromatic carbocycles. The fraction of sp³-hybridized carbons (Fsp3) is 0.471. The lowest BCUT2D eigenvalue weighted by Crippen LogP contribution is -2.42. The molecular weight excluding hydrogens is 306 g/mol. The Bertz CT molecular complexity index is 773. The van der Waals surface area contributed by atoms with Gasteiger partial charge in [0.2, 0.25) is 0 Å². The van der Waals surface area contributed by atoms with Gasteiger partial charge in [-0.05, 0) is 44.9 Å². The van der Waals surface area contributed by atoms with Gasteiger partial charge in [-0.2, -0.15) is 5.10 Å². The van der Waals surface area contributed by atoms with E-state index in [0.29, 0.717) is 11.5 Å². The van der Waals surface area contributed by atoms with Gasteiger partial charge in [0.25, 0.3) is 5.56 Å². The van der Waals surface area contributed by atoms with Crippen molar-refractivity contribution in [2.45, 2.75) is 32.3 Å². The highest BCUT2D eigenvalue weighted by atomic mass is 16.3. The quantitative estimate of drug-likeness (QED) is 0.889. The lowest BCUT2D eigenvalue weighted by atomic mass is 9.94. The van der Waals surface area contributed by atoms with Gasteiger partial charge in [-0.25, -0.2) is 9.67 Å². The predicted octanol–water partition coefficient (Wildman–Crippen LogP) is 1.58. The van der Waals surface area contributed by atoms with E-state index in [9.17, 15) is 9.90 Å². The summed E-state index contributed by atoms with van der Waals surface area (Å²) in [6.45, 7) is 5.34. The molecule has 7 nitrogen and oxygen atoms in total. The zero-order valence-electron chi connectivity index (χ0n) is 14.3. The minimum atomic E-state index is -0.565. The Morgan fingerprint density at radius 2 is 2.00 bits per heavy atom. The number of piperidine rings is 1. The lowest BCUT2D eigenvalue weighted by molar-refractivity contribution is 0.0351. The summed E-state index contributed by atoms with van der Waals surface area (Å²) in [6.07, 6.45) is 3.29. The molecule has 0 saturated carbocycles.